The number of halogens is 1. The van der Waals surface area contributed by atoms with E-state index in [9.17, 15) is 13.2 Å². The quantitative estimate of drug-likeness (QED) is 0.725. The number of rotatable bonds is 8. The highest BCUT2D eigenvalue weighted by atomic mass is 35.5. The predicted octanol–water partition coefficient (Wildman–Crippen LogP) is 3.21. The van der Waals surface area contributed by atoms with Crippen LogP contribution in [0.15, 0.2) is 48.5 Å². The first-order valence-electron chi connectivity index (χ1n) is 8.43. The second kappa shape index (κ2) is 9.10. The topological polar surface area (TPSA) is 75.7 Å². The number of amides is 1. The molecule has 0 aromatic heterocycles. The van der Waals surface area contributed by atoms with Crippen molar-refractivity contribution in [2.45, 2.75) is 26.0 Å². The Hall–Kier alpha value is -2.25. The summed E-state index contributed by atoms with van der Waals surface area (Å²) in [5.41, 5.74) is 1.46. The SMILES string of the molecule is CC[C@@H](Oc1ccc(N(C)S(C)(=O)=O)cc1)C(=O)NCc1ccc(Cl)cc1. The fourth-order valence-corrected chi connectivity index (χ4v) is 2.95. The molecule has 1 amide bonds. The first-order valence-corrected chi connectivity index (χ1v) is 10.7. The van der Waals surface area contributed by atoms with Gasteiger partial charge in [-0.05, 0) is 48.4 Å². The molecule has 0 aliphatic heterocycles. The number of hydrogen-bond donors (Lipinski definition) is 1. The molecule has 1 atom stereocenters. The zero-order valence-corrected chi connectivity index (χ0v) is 17.0. The first-order chi connectivity index (χ1) is 12.7. The number of anilines is 1. The van der Waals surface area contributed by atoms with Gasteiger partial charge in [-0.2, -0.15) is 0 Å². The van der Waals surface area contributed by atoms with Gasteiger partial charge < -0.3 is 10.1 Å². The van der Waals surface area contributed by atoms with E-state index in [-0.39, 0.29) is 5.91 Å². The molecule has 27 heavy (non-hydrogen) atoms. The van der Waals surface area contributed by atoms with Gasteiger partial charge in [-0.1, -0.05) is 30.7 Å². The van der Waals surface area contributed by atoms with Gasteiger partial charge in [0, 0.05) is 18.6 Å². The normalized spacial score (nSPS) is 12.3. The molecule has 0 saturated heterocycles. The molecule has 0 bridgehead atoms. The van der Waals surface area contributed by atoms with Crippen LogP contribution in [0.25, 0.3) is 0 Å². The van der Waals surface area contributed by atoms with Crippen molar-refractivity contribution in [3.05, 3.63) is 59.1 Å². The van der Waals surface area contributed by atoms with Gasteiger partial charge >= 0.3 is 0 Å². The summed E-state index contributed by atoms with van der Waals surface area (Å²) in [4.78, 5) is 12.4. The molecule has 0 aliphatic rings. The monoisotopic (exact) mass is 410 g/mol. The van der Waals surface area contributed by atoms with E-state index in [1.54, 1.807) is 36.4 Å². The van der Waals surface area contributed by atoms with Crippen LogP contribution in [0.2, 0.25) is 5.02 Å². The van der Waals surface area contributed by atoms with Gasteiger partial charge in [-0.25, -0.2) is 8.42 Å². The van der Waals surface area contributed by atoms with Crippen LogP contribution in [0.1, 0.15) is 18.9 Å². The summed E-state index contributed by atoms with van der Waals surface area (Å²) in [6.07, 6.45) is 0.989. The minimum Gasteiger partial charge on any atom is -0.481 e. The minimum absolute atomic E-state index is 0.218. The van der Waals surface area contributed by atoms with Crippen molar-refractivity contribution in [3.63, 3.8) is 0 Å². The van der Waals surface area contributed by atoms with Gasteiger partial charge in [0.15, 0.2) is 6.10 Å². The third-order valence-electron chi connectivity index (χ3n) is 4.02. The van der Waals surface area contributed by atoms with Crippen LogP contribution < -0.4 is 14.4 Å². The molecule has 0 spiro atoms. The van der Waals surface area contributed by atoms with Crippen LogP contribution in [-0.2, 0) is 21.4 Å². The summed E-state index contributed by atoms with van der Waals surface area (Å²) in [5, 5.41) is 3.49. The lowest BCUT2D eigenvalue weighted by Crippen LogP contribution is -2.37. The third kappa shape index (κ3) is 6.15. The highest BCUT2D eigenvalue weighted by molar-refractivity contribution is 7.92. The van der Waals surface area contributed by atoms with E-state index in [0.29, 0.717) is 29.4 Å². The molecule has 6 nitrogen and oxygen atoms in total. The van der Waals surface area contributed by atoms with Gasteiger partial charge in [0.2, 0.25) is 10.0 Å². The molecular formula is C19H23ClN2O4S. The average molecular weight is 411 g/mol. The number of sulfonamides is 1. The minimum atomic E-state index is -3.33. The Labute approximate surface area is 165 Å². The summed E-state index contributed by atoms with van der Waals surface area (Å²) in [7, 11) is -1.85. The number of carbonyl (C=O) groups is 1. The molecule has 8 heteroatoms. The largest absolute Gasteiger partial charge is 0.481 e. The average Bonchev–Trinajstić information content (AvgIpc) is 2.64. The van der Waals surface area contributed by atoms with Crippen LogP contribution >= 0.6 is 11.6 Å². The number of nitrogens with zero attached hydrogens (tertiary/aromatic N) is 1. The molecule has 2 rings (SSSR count). The molecule has 2 aromatic carbocycles. The van der Waals surface area contributed by atoms with Gasteiger partial charge in [-0.3, -0.25) is 9.10 Å². The lowest BCUT2D eigenvalue weighted by molar-refractivity contribution is -0.128. The molecule has 0 fully saturated rings. The molecular weight excluding hydrogens is 388 g/mol. The Morgan fingerprint density at radius 1 is 1.15 bits per heavy atom. The maximum absolute atomic E-state index is 12.4. The van der Waals surface area contributed by atoms with Gasteiger partial charge in [0.1, 0.15) is 5.75 Å². The van der Waals surface area contributed by atoms with Crippen molar-refractivity contribution in [3.8, 4) is 5.75 Å². The van der Waals surface area contributed by atoms with Gasteiger partial charge in [0.05, 0.1) is 11.9 Å². The fraction of sp³-hybridized carbons (Fsp3) is 0.316. The number of nitrogens with one attached hydrogen (secondary N) is 1. The molecule has 146 valence electrons. The van der Waals surface area contributed by atoms with Crippen molar-refractivity contribution in [2.75, 3.05) is 17.6 Å². The lowest BCUT2D eigenvalue weighted by Gasteiger charge is -2.19. The number of carbonyl (C=O) groups excluding carboxylic acids is 1. The van der Waals surface area contributed by atoms with Crippen LogP contribution in [-0.4, -0.2) is 33.7 Å². The summed E-state index contributed by atoms with van der Waals surface area (Å²) in [5.74, 6) is 0.277. The third-order valence-corrected chi connectivity index (χ3v) is 5.48. The van der Waals surface area contributed by atoms with Gasteiger partial charge in [-0.15, -0.1) is 0 Å². The van der Waals surface area contributed by atoms with E-state index in [2.05, 4.69) is 5.32 Å². The Kier molecular flexibility index (Phi) is 7.10. The molecule has 0 unspecified atom stereocenters. The zero-order chi connectivity index (χ0) is 20.0. The van der Waals surface area contributed by atoms with Crippen molar-refractivity contribution >= 4 is 33.2 Å². The van der Waals surface area contributed by atoms with Crippen molar-refractivity contribution in [1.29, 1.82) is 0 Å². The second-order valence-electron chi connectivity index (χ2n) is 6.08. The molecule has 2 aromatic rings. The first kappa shape index (κ1) is 21.1. The van der Waals surface area contributed by atoms with Crippen molar-refractivity contribution < 1.29 is 17.9 Å². The Balaban J connectivity index is 1.97. The highest BCUT2D eigenvalue weighted by Crippen LogP contribution is 2.21. The smallest absolute Gasteiger partial charge is 0.261 e. The maximum atomic E-state index is 12.4. The van der Waals surface area contributed by atoms with Gasteiger partial charge in [0.25, 0.3) is 5.91 Å². The zero-order valence-electron chi connectivity index (χ0n) is 15.5. The summed E-state index contributed by atoms with van der Waals surface area (Å²) in [6.45, 7) is 2.24. The Bertz CT molecular complexity index is 868. The molecule has 0 aliphatic carbocycles. The molecule has 0 saturated carbocycles. The summed E-state index contributed by atoms with van der Waals surface area (Å²) >= 11 is 5.85. The number of benzene rings is 2. The Morgan fingerprint density at radius 3 is 2.26 bits per heavy atom. The van der Waals surface area contributed by atoms with E-state index >= 15 is 0 Å². The van der Waals surface area contributed by atoms with Crippen LogP contribution in [0.5, 0.6) is 5.75 Å². The van der Waals surface area contributed by atoms with Crippen molar-refractivity contribution in [1.82, 2.24) is 5.32 Å². The van der Waals surface area contributed by atoms with Crippen LogP contribution in [0.4, 0.5) is 5.69 Å². The number of hydrogen-bond acceptors (Lipinski definition) is 4. The van der Waals surface area contributed by atoms with E-state index in [1.165, 1.54) is 11.4 Å². The predicted molar refractivity (Wildman–Crippen MR) is 108 cm³/mol. The maximum Gasteiger partial charge on any atom is 0.261 e. The molecule has 1 N–H and O–H groups in total. The number of ether oxygens (including phenoxy) is 1. The standard InChI is InChI=1S/C19H23ClN2O4S/c1-4-18(19(23)21-13-14-5-7-15(20)8-6-14)26-17-11-9-16(10-12-17)22(2)27(3,24)25/h5-12,18H,4,13H2,1-3H3,(H,21,23)/t18-/m1/s1. The lowest BCUT2D eigenvalue weighted by atomic mass is 10.2. The summed E-state index contributed by atoms with van der Waals surface area (Å²) < 4.78 is 30.1. The van der Waals surface area contributed by atoms with E-state index in [0.717, 1.165) is 11.8 Å². The van der Waals surface area contributed by atoms with E-state index in [1.807, 2.05) is 19.1 Å². The Morgan fingerprint density at radius 2 is 1.74 bits per heavy atom. The molecule has 0 radical (unpaired) electrons. The van der Waals surface area contributed by atoms with E-state index in [4.69, 9.17) is 16.3 Å². The summed E-state index contributed by atoms with van der Waals surface area (Å²) in [6, 6.07) is 13.8. The second-order valence-corrected chi connectivity index (χ2v) is 8.53. The van der Waals surface area contributed by atoms with Crippen molar-refractivity contribution in [2.24, 2.45) is 0 Å². The molecule has 0 heterocycles. The van der Waals surface area contributed by atoms with E-state index < -0.39 is 16.1 Å². The fourth-order valence-electron chi connectivity index (χ4n) is 2.32. The van der Waals surface area contributed by atoms with Crippen LogP contribution in [0, 0.1) is 0 Å². The highest BCUT2D eigenvalue weighted by Gasteiger charge is 2.18. The van der Waals surface area contributed by atoms with Crippen LogP contribution in [0.3, 0.4) is 0 Å².